The largest absolute Gasteiger partial charge is 0.479 e. The lowest BCUT2D eigenvalue weighted by Gasteiger charge is -2.26. The van der Waals surface area contributed by atoms with E-state index in [4.69, 9.17) is 5.11 Å². The van der Waals surface area contributed by atoms with Crippen LogP contribution < -0.4 is 10.6 Å². The van der Waals surface area contributed by atoms with Crippen LogP contribution in [0.4, 0.5) is 10.1 Å². The molecule has 0 aliphatic carbocycles. The summed E-state index contributed by atoms with van der Waals surface area (Å²) in [6, 6.07) is 3.67. The number of benzene rings is 1. The van der Waals surface area contributed by atoms with Crippen molar-refractivity contribution in [1.82, 2.24) is 5.32 Å². The van der Waals surface area contributed by atoms with Gasteiger partial charge in [-0.2, -0.15) is 0 Å². The van der Waals surface area contributed by atoms with Crippen molar-refractivity contribution in [3.63, 3.8) is 0 Å². The van der Waals surface area contributed by atoms with Crippen LogP contribution in [0.25, 0.3) is 0 Å². The first-order valence-corrected chi connectivity index (χ1v) is 6.53. The number of hydrogen-bond acceptors (Lipinski definition) is 4. The van der Waals surface area contributed by atoms with Gasteiger partial charge in [-0.1, -0.05) is 6.07 Å². The summed E-state index contributed by atoms with van der Waals surface area (Å²) in [7, 11) is 0. The fourth-order valence-corrected chi connectivity index (χ4v) is 2.13. The van der Waals surface area contributed by atoms with E-state index < -0.39 is 41.7 Å². The molecule has 0 saturated heterocycles. The summed E-state index contributed by atoms with van der Waals surface area (Å²) in [6.07, 6.45) is -0.139. The molecule has 118 valence electrons. The Bertz CT molecular complexity index is 644. The van der Waals surface area contributed by atoms with Crippen LogP contribution in [-0.2, 0) is 14.4 Å². The van der Waals surface area contributed by atoms with Gasteiger partial charge in [-0.25, -0.2) is 9.18 Å². The Labute approximate surface area is 125 Å². The molecule has 4 N–H and O–H groups in total. The topological polar surface area (TPSA) is 116 Å². The highest BCUT2D eigenvalue weighted by Gasteiger charge is 2.34. The van der Waals surface area contributed by atoms with E-state index >= 15 is 0 Å². The van der Waals surface area contributed by atoms with Crippen LogP contribution in [0.3, 0.4) is 0 Å². The van der Waals surface area contributed by atoms with E-state index in [9.17, 15) is 23.9 Å². The molecule has 1 aromatic rings. The van der Waals surface area contributed by atoms with Crippen LogP contribution >= 0.6 is 0 Å². The number of amides is 2. The van der Waals surface area contributed by atoms with Crippen LogP contribution in [0.15, 0.2) is 18.2 Å². The molecular weight excluding hydrogens is 295 g/mol. The number of aliphatic carboxylic acids is 1. The van der Waals surface area contributed by atoms with Crippen molar-refractivity contribution < 1.29 is 29.0 Å². The number of carbonyl (C=O) groups is 3. The number of fused-ring (bicyclic) bond motifs is 1. The lowest BCUT2D eigenvalue weighted by Crippen LogP contribution is -2.48. The zero-order valence-electron chi connectivity index (χ0n) is 11.7. The molecule has 8 heteroatoms. The molecular formula is C14H15FN2O5. The molecule has 2 rings (SSSR count). The number of carbonyl (C=O) groups excluding carboxylic acids is 2. The van der Waals surface area contributed by atoms with E-state index in [1.165, 1.54) is 12.1 Å². The predicted octanol–water partition coefficient (Wildman–Crippen LogP) is 0.203. The third-order valence-electron chi connectivity index (χ3n) is 3.44. The van der Waals surface area contributed by atoms with E-state index in [0.717, 1.165) is 13.0 Å². The van der Waals surface area contributed by atoms with Crippen molar-refractivity contribution in [3.05, 3.63) is 29.6 Å². The lowest BCUT2D eigenvalue weighted by molar-refractivity contribution is -0.156. The Hall–Kier alpha value is -2.48. The second kappa shape index (κ2) is 5.72. The Morgan fingerprint density at radius 1 is 1.50 bits per heavy atom. The van der Waals surface area contributed by atoms with Crippen molar-refractivity contribution >= 4 is 23.5 Å². The molecule has 0 fully saturated rings. The maximum atomic E-state index is 13.2. The summed E-state index contributed by atoms with van der Waals surface area (Å²) in [5.74, 6) is -3.94. The predicted molar refractivity (Wildman–Crippen MR) is 73.7 cm³/mol. The van der Waals surface area contributed by atoms with E-state index in [1.807, 2.05) is 0 Å². The quantitative estimate of drug-likeness (QED) is 0.634. The SMILES string of the molecule is CC(O)(CNC(=O)C1CC(=O)Nc2cc(F)ccc21)C(=O)O. The molecule has 0 spiro atoms. The highest BCUT2D eigenvalue weighted by atomic mass is 19.1. The monoisotopic (exact) mass is 310 g/mol. The minimum atomic E-state index is -2.11. The van der Waals surface area contributed by atoms with Crippen molar-refractivity contribution in [3.8, 4) is 0 Å². The summed E-state index contributed by atoms with van der Waals surface area (Å²) >= 11 is 0. The van der Waals surface area contributed by atoms with Gasteiger partial charge >= 0.3 is 5.97 Å². The van der Waals surface area contributed by atoms with Crippen molar-refractivity contribution in [1.29, 1.82) is 0 Å². The molecule has 1 heterocycles. The first kappa shape index (κ1) is 15.9. The number of nitrogens with one attached hydrogen (secondary N) is 2. The van der Waals surface area contributed by atoms with Gasteiger partial charge in [-0.15, -0.1) is 0 Å². The molecule has 1 aromatic carbocycles. The average Bonchev–Trinajstić information content (AvgIpc) is 2.43. The van der Waals surface area contributed by atoms with E-state index in [0.29, 0.717) is 5.56 Å². The Morgan fingerprint density at radius 2 is 2.18 bits per heavy atom. The van der Waals surface area contributed by atoms with E-state index in [-0.39, 0.29) is 12.1 Å². The van der Waals surface area contributed by atoms with Crippen LogP contribution in [-0.4, -0.2) is 40.1 Å². The van der Waals surface area contributed by atoms with Gasteiger partial charge in [0.1, 0.15) is 5.82 Å². The molecule has 22 heavy (non-hydrogen) atoms. The van der Waals surface area contributed by atoms with Crippen molar-refractivity contribution in [2.45, 2.75) is 24.9 Å². The first-order chi connectivity index (χ1) is 10.2. The minimum Gasteiger partial charge on any atom is -0.479 e. The summed E-state index contributed by atoms with van der Waals surface area (Å²) in [4.78, 5) is 34.6. The number of anilines is 1. The van der Waals surface area contributed by atoms with E-state index in [1.54, 1.807) is 0 Å². The van der Waals surface area contributed by atoms with Gasteiger partial charge < -0.3 is 20.8 Å². The zero-order chi connectivity index (χ0) is 16.5. The molecule has 1 aliphatic heterocycles. The van der Waals surface area contributed by atoms with Crippen LogP contribution in [0.1, 0.15) is 24.8 Å². The summed E-state index contributed by atoms with van der Waals surface area (Å²) in [5.41, 5.74) is -1.46. The standard InChI is InChI=1S/C14H15FN2O5/c1-14(22,13(20)21)6-16-12(19)9-5-11(18)17-10-4-7(15)2-3-8(9)10/h2-4,9,22H,5-6H2,1H3,(H,16,19)(H,17,18)(H,20,21). The van der Waals surface area contributed by atoms with Gasteiger partial charge in [0.25, 0.3) is 0 Å². The van der Waals surface area contributed by atoms with Gasteiger partial charge in [0.2, 0.25) is 11.8 Å². The van der Waals surface area contributed by atoms with Gasteiger partial charge in [-0.05, 0) is 24.6 Å². The molecule has 1 aliphatic rings. The molecule has 7 nitrogen and oxygen atoms in total. The Balaban J connectivity index is 2.17. The third-order valence-corrected chi connectivity index (χ3v) is 3.44. The zero-order valence-corrected chi connectivity index (χ0v) is 11.7. The number of carboxylic acids is 1. The molecule has 2 amide bonds. The first-order valence-electron chi connectivity index (χ1n) is 6.53. The van der Waals surface area contributed by atoms with Gasteiger partial charge in [0, 0.05) is 12.1 Å². The second-order valence-corrected chi connectivity index (χ2v) is 5.33. The molecule has 2 atom stereocenters. The highest BCUT2D eigenvalue weighted by Crippen LogP contribution is 2.32. The molecule has 0 saturated carbocycles. The second-order valence-electron chi connectivity index (χ2n) is 5.33. The number of halogens is 1. The maximum absolute atomic E-state index is 13.2. The molecule has 0 bridgehead atoms. The highest BCUT2D eigenvalue weighted by molar-refractivity contribution is 6.01. The smallest absolute Gasteiger partial charge is 0.337 e. The Kier molecular flexibility index (Phi) is 4.14. The molecule has 2 unspecified atom stereocenters. The lowest BCUT2D eigenvalue weighted by atomic mass is 9.89. The summed E-state index contributed by atoms with van der Waals surface area (Å²) in [6.45, 7) is 0.544. The van der Waals surface area contributed by atoms with Gasteiger partial charge in [0.05, 0.1) is 12.5 Å². The fourth-order valence-electron chi connectivity index (χ4n) is 2.13. The summed E-state index contributed by atoms with van der Waals surface area (Å²) in [5, 5.41) is 23.1. The third kappa shape index (κ3) is 3.22. The van der Waals surface area contributed by atoms with Crippen molar-refractivity contribution in [2.24, 2.45) is 0 Å². The van der Waals surface area contributed by atoms with Crippen molar-refractivity contribution in [2.75, 3.05) is 11.9 Å². The Morgan fingerprint density at radius 3 is 2.82 bits per heavy atom. The minimum absolute atomic E-state index is 0.139. The average molecular weight is 310 g/mol. The normalized spacial score (nSPS) is 19.6. The number of hydrogen-bond donors (Lipinski definition) is 4. The van der Waals surface area contributed by atoms with Gasteiger partial charge in [-0.3, -0.25) is 9.59 Å². The molecule has 0 aromatic heterocycles. The number of rotatable bonds is 4. The van der Waals surface area contributed by atoms with E-state index in [2.05, 4.69) is 10.6 Å². The van der Waals surface area contributed by atoms with Gasteiger partial charge in [0.15, 0.2) is 5.60 Å². The number of carboxylic acid groups (broad SMARTS) is 1. The summed E-state index contributed by atoms with van der Waals surface area (Å²) < 4.78 is 13.2. The van der Waals surface area contributed by atoms with Crippen LogP contribution in [0.5, 0.6) is 0 Å². The van der Waals surface area contributed by atoms with Crippen LogP contribution in [0, 0.1) is 5.82 Å². The van der Waals surface area contributed by atoms with Crippen LogP contribution in [0.2, 0.25) is 0 Å². The number of aliphatic hydroxyl groups is 1. The molecule has 0 radical (unpaired) electrons. The maximum Gasteiger partial charge on any atom is 0.337 e. The fraction of sp³-hybridized carbons (Fsp3) is 0.357.